The lowest BCUT2D eigenvalue weighted by molar-refractivity contribution is 0.299. The predicted molar refractivity (Wildman–Crippen MR) is 125 cm³/mol. The maximum absolute atomic E-state index is 4.39. The van der Waals surface area contributed by atoms with Gasteiger partial charge in [0.15, 0.2) is 11.0 Å². The summed E-state index contributed by atoms with van der Waals surface area (Å²) in [5.74, 6) is 2.78. The van der Waals surface area contributed by atoms with Crippen molar-refractivity contribution in [1.29, 1.82) is 0 Å². The van der Waals surface area contributed by atoms with Crippen LogP contribution in [0, 0.1) is 12.8 Å². The molecule has 1 saturated heterocycles. The number of fused-ring (bicyclic) bond motifs is 1. The fraction of sp³-hybridized carbons (Fsp3) is 0.435. The molecule has 5 nitrogen and oxygen atoms in total. The Balaban J connectivity index is 1.12. The molecule has 1 aliphatic heterocycles. The van der Waals surface area contributed by atoms with Crippen LogP contribution in [-0.4, -0.2) is 50.0 Å². The summed E-state index contributed by atoms with van der Waals surface area (Å²) in [5.41, 5.74) is 3.97. The normalized spacial score (nSPS) is 23.0. The van der Waals surface area contributed by atoms with Crippen LogP contribution in [0.1, 0.15) is 24.1 Å². The lowest BCUT2D eigenvalue weighted by Gasteiger charge is -2.21. The third-order valence-corrected chi connectivity index (χ3v) is 8.12. The Bertz CT molecular complexity index is 1030. The van der Waals surface area contributed by atoms with Gasteiger partial charge in [-0.15, -0.1) is 10.2 Å². The fourth-order valence-electron chi connectivity index (χ4n) is 4.73. The Labute approximate surface area is 190 Å². The van der Waals surface area contributed by atoms with Gasteiger partial charge < -0.3 is 9.47 Å². The standard InChI is InChI=1S/C23H26BrN5S/c1-16-4-5-17(13-25-16)21-26-27-22(28(21)2)30-11-3-10-29-14-19-12-23(19,15-29)18-6-8-20(24)9-7-18/h4-9,13,19H,3,10-12,14-15H2,1-2H3/t19-,23+/m0/s1. The summed E-state index contributed by atoms with van der Waals surface area (Å²) in [7, 11) is 2.04. The van der Waals surface area contributed by atoms with Crippen molar-refractivity contribution in [2.45, 2.75) is 30.3 Å². The van der Waals surface area contributed by atoms with Crippen molar-refractivity contribution >= 4 is 27.7 Å². The van der Waals surface area contributed by atoms with Crippen LogP contribution < -0.4 is 0 Å². The lowest BCUT2D eigenvalue weighted by atomic mass is 9.95. The highest BCUT2D eigenvalue weighted by atomic mass is 79.9. The highest BCUT2D eigenvalue weighted by Crippen LogP contribution is 2.59. The fourth-order valence-corrected chi connectivity index (χ4v) is 5.83. The number of piperidine rings is 1. The van der Waals surface area contributed by atoms with Crippen LogP contribution in [0.25, 0.3) is 11.4 Å². The topological polar surface area (TPSA) is 46.8 Å². The van der Waals surface area contributed by atoms with Crippen LogP contribution in [0.2, 0.25) is 0 Å². The largest absolute Gasteiger partial charge is 0.305 e. The molecule has 156 valence electrons. The molecule has 2 aromatic heterocycles. The molecule has 1 saturated carbocycles. The molecule has 0 radical (unpaired) electrons. The van der Waals surface area contributed by atoms with Gasteiger partial charge >= 0.3 is 0 Å². The number of halogens is 1. The molecule has 1 aliphatic carbocycles. The maximum atomic E-state index is 4.39. The summed E-state index contributed by atoms with van der Waals surface area (Å²) >= 11 is 5.35. The van der Waals surface area contributed by atoms with Crippen molar-refractivity contribution in [3.8, 4) is 11.4 Å². The van der Waals surface area contributed by atoms with Gasteiger partial charge in [-0.05, 0) is 62.1 Å². The molecule has 1 aromatic carbocycles. The van der Waals surface area contributed by atoms with Crippen molar-refractivity contribution in [3.63, 3.8) is 0 Å². The van der Waals surface area contributed by atoms with Gasteiger partial charge in [0.25, 0.3) is 0 Å². The average Bonchev–Trinajstić information content (AvgIpc) is 3.12. The van der Waals surface area contributed by atoms with Gasteiger partial charge in [-0.1, -0.05) is 39.8 Å². The smallest absolute Gasteiger partial charge is 0.191 e. The number of benzene rings is 1. The Kier molecular flexibility index (Phi) is 5.45. The SMILES string of the molecule is Cc1ccc(-c2nnc(SCCCN3C[C@@H]4C[C@]4(c4ccc(Br)cc4)C3)n2C)cn1. The van der Waals surface area contributed by atoms with E-state index in [0.29, 0.717) is 5.41 Å². The molecule has 0 spiro atoms. The zero-order valence-electron chi connectivity index (χ0n) is 17.4. The highest BCUT2D eigenvalue weighted by Gasteiger charge is 2.60. The van der Waals surface area contributed by atoms with Crippen molar-refractivity contribution < 1.29 is 0 Å². The van der Waals surface area contributed by atoms with Crippen LogP contribution in [0.3, 0.4) is 0 Å². The van der Waals surface area contributed by atoms with Gasteiger partial charge in [-0.25, -0.2) is 0 Å². The lowest BCUT2D eigenvalue weighted by Crippen LogP contribution is -2.27. The zero-order valence-corrected chi connectivity index (χ0v) is 19.8. The highest BCUT2D eigenvalue weighted by molar-refractivity contribution is 9.10. The van der Waals surface area contributed by atoms with E-state index in [-0.39, 0.29) is 0 Å². The molecule has 2 fully saturated rings. The van der Waals surface area contributed by atoms with Crippen LogP contribution >= 0.6 is 27.7 Å². The molecular weight excluding hydrogens is 458 g/mol. The van der Waals surface area contributed by atoms with Crippen LogP contribution in [0.15, 0.2) is 52.2 Å². The Morgan fingerprint density at radius 2 is 2.00 bits per heavy atom. The van der Waals surface area contributed by atoms with E-state index < -0.39 is 0 Å². The molecule has 3 heterocycles. The van der Waals surface area contributed by atoms with Crippen molar-refractivity contribution in [3.05, 3.63) is 58.3 Å². The zero-order chi connectivity index (χ0) is 20.7. The molecule has 3 aromatic rings. The van der Waals surface area contributed by atoms with Crippen LogP contribution in [0.4, 0.5) is 0 Å². The molecule has 0 amide bonds. The minimum atomic E-state index is 0.425. The minimum absolute atomic E-state index is 0.425. The van der Waals surface area contributed by atoms with Crippen LogP contribution in [-0.2, 0) is 12.5 Å². The van der Waals surface area contributed by atoms with Gasteiger partial charge in [0.05, 0.1) is 0 Å². The average molecular weight is 484 g/mol. The number of likely N-dealkylation sites (tertiary alicyclic amines) is 1. The third kappa shape index (κ3) is 3.83. The molecule has 0 unspecified atom stereocenters. The van der Waals surface area contributed by atoms with E-state index in [2.05, 4.69) is 70.9 Å². The van der Waals surface area contributed by atoms with Gasteiger partial charge in [0.1, 0.15) is 0 Å². The number of pyridine rings is 1. The second-order valence-electron chi connectivity index (χ2n) is 8.55. The number of hydrogen-bond acceptors (Lipinski definition) is 5. The van der Waals surface area contributed by atoms with Crippen molar-refractivity contribution in [1.82, 2.24) is 24.6 Å². The van der Waals surface area contributed by atoms with E-state index in [1.54, 1.807) is 11.8 Å². The second-order valence-corrected chi connectivity index (χ2v) is 10.5. The molecule has 2 atom stereocenters. The van der Waals surface area contributed by atoms with E-state index in [9.17, 15) is 0 Å². The monoisotopic (exact) mass is 483 g/mol. The van der Waals surface area contributed by atoms with E-state index in [1.807, 2.05) is 26.2 Å². The van der Waals surface area contributed by atoms with E-state index >= 15 is 0 Å². The van der Waals surface area contributed by atoms with Crippen LogP contribution in [0.5, 0.6) is 0 Å². The molecule has 7 heteroatoms. The third-order valence-electron chi connectivity index (χ3n) is 6.49. The molecular formula is C23H26BrN5S. The summed E-state index contributed by atoms with van der Waals surface area (Å²) in [6, 6.07) is 13.0. The number of hydrogen-bond donors (Lipinski definition) is 0. The first kappa shape index (κ1) is 20.2. The summed E-state index contributed by atoms with van der Waals surface area (Å²) in [4.78, 5) is 7.02. The van der Waals surface area contributed by atoms with E-state index in [1.165, 1.54) is 31.5 Å². The van der Waals surface area contributed by atoms with Gasteiger partial charge in [-0.2, -0.15) is 0 Å². The number of aromatic nitrogens is 4. The Morgan fingerprint density at radius 3 is 2.77 bits per heavy atom. The van der Waals surface area contributed by atoms with Crippen molar-refractivity contribution in [2.75, 3.05) is 25.4 Å². The first-order valence-electron chi connectivity index (χ1n) is 10.5. The number of thioether (sulfide) groups is 1. The molecule has 0 bridgehead atoms. The first-order valence-corrected chi connectivity index (χ1v) is 12.3. The first-order chi connectivity index (χ1) is 14.5. The maximum Gasteiger partial charge on any atom is 0.191 e. The predicted octanol–water partition coefficient (Wildman–Crippen LogP) is 4.70. The Hall–Kier alpha value is -1.70. The molecule has 30 heavy (non-hydrogen) atoms. The molecule has 0 N–H and O–H groups in total. The minimum Gasteiger partial charge on any atom is -0.305 e. The van der Waals surface area contributed by atoms with Gasteiger partial charge in [0, 0.05) is 53.2 Å². The summed E-state index contributed by atoms with van der Waals surface area (Å²) < 4.78 is 3.24. The van der Waals surface area contributed by atoms with E-state index in [4.69, 9.17) is 0 Å². The number of aryl methyl sites for hydroxylation is 1. The van der Waals surface area contributed by atoms with Gasteiger partial charge in [0.2, 0.25) is 0 Å². The summed E-state index contributed by atoms with van der Waals surface area (Å²) in [5, 5.41) is 9.74. The van der Waals surface area contributed by atoms with Gasteiger partial charge in [-0.3, -0.25) is 4.98 Å². The summed E-state index contributed by atoms with van der Waals surface area (Å²) in [6.07, 6.45) is 4.39. The quantitative estimate of drug-likeness (QED) is 0.359. The van der Waals surface area contributed by atoms with Crippen molar-refractivity contribution in [2.24, 2.45) is 13.0 Å². The molecule has 2 aliphatic rings. The number of nitrogens with zero attached hydrogens (tertiary/aromatic N) is 5. The second kappa shape index (κ2) is 8.09. The molecule has 5 rings (SSSR count). The van der Waals surface area contributed by atoms with E-state index in [0.717, 1.165) is 44.9 Å². The number of rotatable bonds is 7. The Morgan fingerprint density at radius 1 is 1.17 bits per heavy atom. The summed E-state index contributed by atoms with van der Waals surface area (Å²) in [6.45, 7) is 5.61.